The van der Waals surface area contributed by atoms with Crippen molar-refractivity contribution in [3.8, 4) is 0 Å². The monoisotopic (exact) mass is 424 g/mol. The molecule has 0 spiro atoms. The highest BCUT2D eigenvalue weighted by Crippen LogP contribution is 2.25. The molecule has 2 atom stereocenters. The molecular formula is C24H28N2O5. The normalized spacial score (nSPS) is 18.9. The highest BCUT2D eigenvalue weighted by Gasteiger charge is 2.36. The maximum absolute atomic E-state index is 12.5. The summed E-state index contributed by atoms with van der Waals surface area (Å²) in [6.07, 6.45) is 7.27. The first kappa shape index (κ1) is 21.2. The van der Waals surface area contributed by atoms with E-state index >= 15 is 0 Å². The molecule has 1 N–H and O–H groups in total. The van der Waals surface area contributed by atoms with Gasteiger partial charge in [0.25, 0.3) is 11.8 Å². The number of carbonyl (C=O) groups excluding carboxylic acids is 3. The van der Waals surface area contributed by atoms with Crippen LogP contribution >= 0.6 is 0 Å². The first-order valence-corrected chi connectivity index (χ1v) is 10.9. The molecule has 0 bridgehead atoms. The lowest BCUT2D eigenvalue weighted by Crippen LogP contribution is -2.42. The van der Waals surface area contributed by atoms with Crippen LogP contribution in [0.15, 0.2) is 41.0 Å². The number of esters is 1. The number of rotatable bonds is 6. The van der Waals surface area contributed by atoms with Crippen LogP contribution in [0.25, 0.3) is 0 Å². The average molecular weight is 424 g/mol. The van der Waals surface area contributed by atoms with Crippen molar-refractivity contribution in [1.82, 2.24) is 10.2 Å². The number of nitrogens with one attached hydrogen (secondary N) is 1. The number of nitrogens with zero attached hydrogens (tertiary/aromatic N) is 1. The molecule has 2 amide bonds. The molecule has 0 radical (unpaired) electrons. The number of carbonyl (C=O) groups is 3. The molecule has 1 aromatic carbocycles. The number of likely N-dealkylation sites (tertiary alicyclic amines) is 1. The molecule has 7 heteroatoms. The first-order chi connectivity index (χ1) is 15.0. The second-order valence-corrected chi connectivity index (χ2v) is 8.27. The maximum Gasteiger partial charge on any atom is 0.329 e. The van der Waals surface area contributed by atoms with Gasteiger partial charge in [0.15, 0.2) is 12.4 Å². The first-order valence-electron chi connectivity index (χ1n) is 10.9. The number of furan rings is 1. The molecule has 1 aliphatic heterocycles. The van der Waals surface area contributed by atoms with E-state index in [2.05, 4.69) is 23.5 Å². The number of benzene rings is 1. The van der Waals surface area contributed by atoms with Crippen LogP contribution in [0.4, 0.5) is 0 Å². The predicted molar refractivity (Wildman–Crippen MR) is 113 cm³/mol. The van der Waals surface area contributed by atoms with Crippen LogP contribution in [0, 0.1) is 0 Å². The smallest absolute Gasteiger partial charge is 0.329 e. The zero-order chi connectivity index (χ0) is 21.8. The summed E-state index contributed by atoms with van der Waals surface area (Å²) in [6, 6.07) is 8.70. The van der Waals surface area contributed by atoms with Crippen LogP contribution in [-0.4, -0.2) is 41.9 Å². The van der Waals surface area contributed by atoms with Crippen LogP contribution in [0.2, 0.25) is 0 Å². The summed E-state index contributed by atoms with van der Waals surface area (Å²) in [4.78, 5) is 38.8. The van der Waals surface area contributed by atoms with Gasteiger partial charge in [-0.3, -0.25) is 9.59 Å². The third kappa shape index (κ3) is 4.81. The topological polar surface area (TPSA) is 88.9 Å². The standard InChI is InChI=1S/C24H28N2O5/c1-16(18-11-10-17-6-2-3-7-19(17)14-18)25-22(27)15-31-24(29)20-8-4-12-26(20)23(28)21-9-5-13-30-21/h5,9-11,13-14,16,20H,2-4,6-8,12,15H2,1H3,(H,25,27)/t16?,20-/m0/s1. The molecule has 1 aromatic heterocycles. The zero-order valence-electron chi connectivity index (χ0n) is 17.8. The second kappa shape index (κ2) is 9.37. The van der Waals surface area contributed by atoms with Crippen molar-refractivity contribution in [3.05, 3.63) is 59.0 Å². The van der Waals surface area contributed by atoms with Crippen LogP contribution < -0.4 is 5.32 Å². The number of hydrogen-bond donors (Lipinski definition) is 1. The summed E-state index contributed by atoms with van der Waals surface area (Å²) < 4.78 is 10.4. The third-order valence-electron chi connectivity index (χ3n) is 6.11. The summed E-state index contributed by atoms with van der Waals surface area (Å²) in [5, 5.41) is 2.89. The number of aryl methyl sites for hydroxylation is 2. The minimum atomic E-state index is -0.691. The Labute approximate surface area is 181 Å². The Balaban J connectivity index is 1.29. The maximum atomic E-state index is 12.5. The van der Waals surface area contributed by atoms with E-state index in [-0.39, 0.29) is 30.2 Å². The zero-order valence-corrected chi connectivity index (χ0v) is 17.8. The van der Waals surface area contributed by atoms with Crippen LogP contribution in [0.3, 0.4) is 0 Å². The van der Waals surface area contributed by atoms with E-state index in [9.17, 15) is 14.4 Å². The van der Waals surface area contributed by atoms with E-state index in [1.54, 1.807) is 12.1 Å². The molecule has 1 fully saturated rings. The minimum Gasteiger partial charge on any atom is -0.459 e. The van der Waals surface area contributed by atoms with Gasteiger partial charge in [-0.25, -0.2) is 4.79 Å². The van der Waals surface area contributed by atoms with Crippen molar-refractivity contribution in [2.75, 3.05) is 13.2 Å². The fourth-order valence-corrected chi connectivity index (χ4v) is 4.42. The fraction of sp³-hybridized carbons (Fsp3) is 0.458. The van der Waals surface area contributed by atoms with E-state index in [4.69, 9.17) is 9.15 Å². The van der Waals surface area contributed by atoms with Gasteiger partial charge in [0, 0.05) is 6.54 Å². The summed E-state index contributed by atoms with van der Waals surface area (Å²) in [5.74, 6) is -1.07. The van der Waals surface area contributed by atoms with Gasteiger partial charge < -0.3 is 19.4 Å². The van der Waals surface area contributed by atoms with Crippen molar-refractivity contribution < 1.29 is 23.5 Å². The van der Waals surface area contributed by atoms with Crippen molar-refractivity contribution in [1.29, 1.82) is 0 Å². The van der Waals surface area contributed by atoms with E-state index in [1.165, 1.54) is 35.1 Å². The summed E-state index contributed by atoms with van der Waals surface area (Å²) in [6.45, 7) is 2.01. The number of hydrogen-bond acceptors (Lipinski definition) is 5. The summed E-state index contributed by atoms with van der Waals surface area (Å²) in [5.41, 5.74) is 3.80. The summed E-state index contributed by atoms with van der Waals surface area (Å²) >= 11 is 0. The van der Waals surface area contributed by atoms with Gasteiger partial charge in [-0.05, 0) is 74.3 Å². The Morgan fingerprint density at radius 1 is 1.16 bits per heavy atom. The summed E-state index contributed by atoms with van der Waals surface area (Å²) in [7, 11) is 0. The van der Waals surface area contributed by atoms with Gasteiger partial charge in [0.1, 0.15) is 6.04 Å². The van der Waals surface area contributed by atoms with Gasteiger partial charge in [0.05, 0.1) is 12.3 Å². The molecule has 31 heavy (non-hydrogen) atoms. The van der Waals surface area contributed by atoms with Crippen molar-refractivity contribution >= 4 is 17.8 Å². The fourth-order valence-electron chi connectivity index (χ4n) is 4.42. The number of ether oxygens (including phenoxy) is 1. The van der Waals surface area contributed by atoms with Gasteiger partial charge in [-0.15, -0.1) is 0 Å². The Kier molecular flexibility index (Phi) is 6.39. The number of fused-ring (bicyclic) bond motifs is 1. The van der Waals surface area contributed by atoms with Crippen molar-refractivity contribution in [2.24, 2.45) is 0 Å². The third-order valence-corrected chi connectivity index (χ3v) is 6.11. The lowest BCUT2D eigenvalue weighted by atomic mass is 9.89. The van der Waals surface area contributed by atoms with Gasteiger partial charge >= 0.3 is 5.97 Å². The molecule has 1 saturated heterocycles. The lowest BCUT2D eigenvalue weighted by molar-refractivity contribution is -0.152. The van der Waals surface area contributed by atoms with Crippen molar-refractivity contribution in [2.45, 2.75) is 57.5 Å². The molecule has 164 valence electrons. The van der Waals surface area contributed by atoms with E-state index in [0.29, 0.717) is 19.4 Å². The van der Waals surface area contributed by atoms with E-state index in [0.717, 1.165) is 18.4 Å². The van der Waals surface area contributed by atoms with E-state index < -0.39 is 12.0 Å². The van der Waals surface area contributed by atoms with Crippen LogP contribution in [-0.2, 0) is 27.2 Å². The largest absolute Gasteiger partial charge is 0.459 e. The Morgan fingerprint density at radius 2 is 1.97 bits per heavy atom. The molecule has 2 aliphatic rings. The van der Waals surface area contributed by atoms with Gasteiger partial charge in [-0.2, -0.15) is 0 Å². The Hall–Kier alpha value is -3.09. The number of amides is 2. The average Bonchev–Trinajstić information content (AvgIpc) is 3.49. The second-order valence-electron chi connectivity index (χ2n) is 8.27. The molecular weight excluding hydrogens is 396 g/mol. The van der Waals surface area contributed by atoms with Gasteiger partial charge in [0.2, 0.25) is 0 Å². The van der Waals surface area contributed by atoms with E-state index in [1.807, 2.05) is 6.92 Å². The molecule has 1 unspecified atom stereocenters. The van der Waals surface area contributed by atoms with Crippen LogP contribution in [0.5, 0.6) is 0 Å². The highest BCUT2D eigenvalue weighted by molar-refractivity contribution is 5.95. The molecule has 0 saturated carbocycles. The Morgan fingerprint density at radius 3 is 2.74 bits per heavy atom. The Bertz CT molecular complexity index is 953. The van der Waals surface area contributed by atoms with Crippen LogP contribution in [0.1, 0.15) is 65.9 Å². The van der Waals surface area contributed by atoms with Gasteiger partial charge in [-0.1, -0.05) is 18.2 Å². The quantitative estimate of drug-likeness (QED) is 0.720. The SMILES string of the molecule is CC(NC(=O)COC(=O)[C@@H]1CCCN1C(=O)c1ccco1)c1ccc2c(c1)CCCC2. The molecule has 2 aromatic rings. The highest BCUT2D eigenvalue weighted by atomic mass is 16.5. The minimum absolute atomic E-state index is 0.179. The molecule has 7 nitrogen and oxygen atoms in total. The molecule has 4 rings (SSSR count). The molecule has 2 heterocycles. The molecule has 1 aliphatic carbocycles. The predicted octanol–water partition coefficient (Wildman–Crippen LogP) is 3.18. The lowest BCUT2D eigenvalue weighted by Gasteiger charge is -2.22. The van der Waals surface area contributed by atoms with Crippen molar-refractivity contribution in [3.63, 3.8) is 0 Å².